The van der Waals surface area contributed by atoms with Gasteiger partial charge in [0.05, 0.1) is 22.3 Å². The highest BCUT2D eigenvalue weighted by Gasteiger charge is 2.18. The molecule has 154 valence electrons. The largest absolute Gasteiger partial charge is 0.302 e. The zero-order chi connectivity index (χ0) is 21.6. The summed E-state index contributed by atoms with van der Waals surface area (Å²) in [6, 6.07) is 6.12. The summed E-state index contributed by atoms with van der Waals surface area (Å²) >= 11 is 1.49. The molecule has 0 saturated heterocycles. The van der Waals surface area contributed by atoms with E-state index in [0.717, 1.165) is 44.1 Å². The van der Waals surface area contributed by atoms with Crippen LogP contribution in [0.25, 0.3) is 16.2 Å². The number of nitrogens with one attached hydrogen (secondary N) is 1. The smallest absolute Gasteiger partial charge is 0.251 e. The molecule has 0 fully saturated rings. The van der Waals surface area contributed by atoms with Crippen molar-refractivity contribution in [2.45, 2.75) is 48.0 Å². The van der Waals surface area contributed by atoms with Crippen LogP contribution in [-0.2, 0) is 11.2 Å². The Hall–Kier alpha value is -3.13. The van der Waals surface area contributed by atoms with Crippen molar-refractivity contribution in [3.8, 4) is 5.95 Å². The molecule has 30 heavy (non-hydrogen) atoms. The Kier molecular flexibility index (Phi) is 5.11. The van der Waals surface area contributed by atoms with Crippen molar-refractivity contribution in [2.75, 3.05) is 5.32 Å². The van der Waals surface area contributed by atoms with Gasteiger partial charge in [0, 0.05) is 22.6 Å². The first-order chi connectivity index (χ1) is 14.2. The summed E-state index contributed by atoms with van der Waals surface area (Å²) in [7, 11) is 0. The Morgan fingerprint density at radius 3 is 2.40 bits per heavy atom. The van der Waals surface area contributed by atoms with Crippen molar-refractivity contribution in [2.24, 2.45) is 0 Å². The van der Waals surface area contributed by atoms with Crippen molar-refractivity contribution in [1.82, 2.24) is 24.7 Å². The monoisotopic (exact) mass is 420 g/mol. The summed E-state index contributed by atoms with van der Waals surface area (Å²) in [4.78, 5) is 26.3. The van der Waals surface area contributed by atoms with Crippen LogP contribution in [0.3, 0.4) is 0 Å². The molecule has 4 rings (SSSR count). The molecule has 0 unspecified atom stereocenters. The van der Waals surface area contributed by atoms with Gasteiger partial charge in [0.25, 0.3) is 5.95 Å². The fraction of sp³-hybridized carbons (Fsp3) is 0.318. The molecule has 0 bridgehead atoms. The zero-order valence-corrected chi connectivity index (χ0v) is 18.8. The van der Waals surface area contributed by atoms with Gasteiger partial charge in [0.1, 0.15) is 0 Å². The topological polar surface area (TPSA) is 85.6 Å². The van der Waals surface area contributed by atoms with Gasteiger partial charge in [-0.15, -0.1) is 0 Å². The number of aryl methyl sites for hydroxylation is 5. The van der Waals surface area contributed by atoms with Crippen molar-refractivity contribution in [3.05, 3.63) is 57.7 Å². The van der Waals surface area contributed by atoms with E-state index in [9.17, 15) is 4.79 Å². The van der Waals surface area contributed by atoms with Crippen molar-refractivity contribution < 1.29 is 4.79 Å². The van der Waals surface area contributed by atoms with Gasteiger partial charge in [0.2, 0.25) is 5.91 Å². The second-order valence-corrected chi connectivity index (χ2v) is 8.72. The lowest BCUT2D eigenvalue weighted by atomic mass is 10.1. The zero-order valence-electron chi connectivity index (χ0n) is 18.0. The first-order valence-electron chi connectivity index (χ1n) is 9.76. The molecule has 0 aliphatic heterocycles. The number of hydrogen-bond donors (Lipinski definition) is 1. The number of aromatic nitrogens is 5. The second-order valence-electron chi connectivity index (χ2n) is 7.68. The molecular weight excluding hydrogens is 396 g/mol. The van der Waals surface area contributed by atoms with E-state index in [2.05, 4.69) is 44.4 Å². The third-order valence-corrected chi connectivity index (χ3v) is 5.93. The molecule has 1 N–H and O–H groups in total. The maximum atomic E-state index is 12.8. The number of benzene rings is 1. The number of carbonyl (C=O) groups is 1. The van der Waals surface area contributed by atoms with Crippen molar-refractivity contribution in [1.29, 1.82) is 0 Å². The minimum atomic E-state index is -0.115. The van der Waals surface area contributed by atoms with Gasteiger partial charge in [-0.05, 0) is 64.8 Å². The average molecular weight is 421 g/mol. The molecule has 0 aliphatic rings. The van der Waals surface area contributed by atoms with E-state index in [1.807, 2.05) is 40.7 Å². The quantitative estimate of drug-likeness (QED) is 0.532. The van der Waals surface area contributed by atoms with E-state index >= 15 is 0 Å². The SMILES string of the molecule is Cc1cc(C)c2nc(NC(=O)Cc3c(C)nn(-c4nc(C)cc(C)n4)c3C)sc2c1. The third-order valence-electron chi connectivity index (χ3n) is 5.01. The summed E-state index contributed by atoms with van der Waals surface area (Å²) in [6.07, 6.45) is 0.219. The molecule has 1 amide bonds. The summed E-state index contributed by atoms with van der Waals surface area (Å²) in [5.74, 6) is 0.410. The summed E-state index contributed by atoms with van der Waals surface area (Å²) in [5, 5.41) is 8.14. The Morgan fingerprint density at radius 1 is 1.00 bits per heavy atom. The molecule has 3 aromatic heterocycles. The highest BCUT2D eigenvalue weighted by molar-refractivity contribution is 7.22. The van der Waals surface area contributed by atoms with Gasteiger partial charge in [-0.25, -0.2) is 19.6 Å². The molecular formula is C22H24N6OS. The lowest BCUT2D eigenvalue weighted by Crippen LogP contribution is -2.15. The van der Waals surface area contributed by atoms with Gasteiger partial charge in [-0.2, -0.15) is 5.10 Å². The van der Waals surface area contributed by atoms with E-state index < -0.39 is 0 Å². The summed E-state index contributed by atoms with van der Waals surface area (Å²) in [6.45, 7) is 11.8. The fourth-order valence-electron chi connectivity index (χ4n) is 3.68. The second kappa shape index (κ2) is 7.60. The van der Waals surface area contributed by atoms with Crippen LogP contribution in [0.15, 0.2) is 18.2 Å². The molecule has 0 aliphatic carbocycles. The average Bonchev–Trinajstić information content (AvgIpc) is 3.16. The lowest BCUT2D eigenvalue weighted by Gasteiger charge is -2.06. The number of hydrogen-bond acceptors (Lipinski definition) is 6. The Labute approximate surface area is 179 Å². The lowest BCUT2D eigenvalue weighted by molar-refractivity contribution is -0.115. The predicted molar refractivity (Wildman–Crippen MR) is 120 cm³/mol. The van der Waals surface area contributed by atoms with Gasteiger partial charge >= 0.3 is 0 Å². The van der Waals surface area contributed by atoms with Crippen LogP contribution in [0.4, 0.5) is 5.13 Å². The maximum absolute atomic E-state index is 12.8. The van der Waals surface area contributed by atoms with Gasteiger partial charge < -0.3 is 5.32 Å². The Bertz CT molecular complexity index is 1270. The third kappa shape index (κ3) is 3.82. The normalized spacial score (nSPS) is 11.3. The molecule has 8 heteroatoms. The summed E-state index contributed by atoms with van der Waals surface area (Å²) in [5.41, 5.74) is 7.54. The van der Waals surface area contributed by atoms with E-state index in [1.165, 1.54) is 16.9 Å². The number of fused-ring (bicyclic) bond motifs is 1. The molecule has 1 aromatic carbocycles. The van der Waals surface area contributed by atoms with Crippen LogP contribution < -0.4 is 5.32 Å². The van der Waals surface area contributed by atoms with Crippen LogP contribution in [0.1, 0.15) is 39.5 Å². The minimum absolute atomic E-state index is 0.115. The van der Waals surface area contributed by atoms with Crippen LogP contribution in [0.2, 0.25) is 0 Å². The number of anilines is 1. The number of carbonyl (C=O) groups excluding carboxylic acids is 1. The maximum Gasteiger partial charge on any atom is 0.251 e. The Balaban J connectivity index is 1.58. The standard InChI is InChI=1S/C22H24N6OS/c1-11-7-12(2)20-18(8-11)30-22(26-20)25-19(29)10-17-15(5)27-28(16(17)6)21-23-13(3)9-14(4)24-21/h7-9H,10H2,1-6H3,(H,25,26,29). The van der Waals surface area contributed by atoms with Crippen molar-refractivity contribution in [3.63, 3.8) is 0 Å². The molecule has 0 spiro atoms. The highest BCUT2D eigenvalue weighted by Crippen LogP contribution is 2.29. The van der Waals surface area contributed by atoms with Crippen LogP contribution in [-0.4, -0.2) is 30.6 Å². The van der Waals surface area contributed by atoms with E-state index in [4.69, 9.17) is 0 Å². The molecule has 0 radical (unpaired) electrons. The van der Waals surface area contributed by atoms with Crippen LogP contribution in [0, 0.1) is 41.5 Å². The van der Waals surface area contributed by atoms with E-state index in [-0.39, 0.29) is 12.3 Å². The molecule has 7 nitrogen and oxygen atoms in total. The molecule has 3 heterocycles. The first-order valence-corrected chi connectivity index (χ1v) is 10.6. The summed E-state index contributed by atoms with van der Waals surface area (Å²) < 4.78 is 2.79. The fourth-order valence-corrected chi connectivity index (χ4v) is 4.73. The highest BCUT2D eigenvalue weighted by atomic mass is 32.1. The number of amides is 1. The van der Waals surface area contributed by atoms with Gasteiger partial charge in [-0.1, -0.05) is 17.4 Å². The minimum Gasteiger partial charge on any atom is -0.302 e. The van der Waals surface area contributed by atoms with Gasteiger partial charge in [-0.3, -0.25) is 4.79 Å². The van der Waals surface area contributed by atoms with Crippen LogP contribution >= 0.6 is 11.3 Å². The molecule has 4 aromatic rings. The van der Waals surface area contributed by atoms with E-state index in [0.29, 0.717) is 11.1 Å². The molecule has 0 saturated carbocycles. The van der Waals surface area contributed by atoms with Gasteiger partial charge in [0.15, 0.2) is 5.13 Å². The first kappa shape index (κ1) is 20.2. The molecule has 0 atom stereocenters. The van der Waals surface area contributed by atoms with Crippen LogP contribution in [0.5, 0.6) is 0 Å². The number of rotatable bonds is 4. The number of thiazole rings is 1. The number of nitrogens with zero attached hydrogens (tertiary/aromatic N) is 5. The Morgan fingerprint density at radius 2 is 1.70 bits per heavy atom. The predicted octanol–water partition coefficient (Wildman–Crippen LogP) is 4.30. The van der Waals surface area contributed by atoms with E-state index in [1.54, 1.807) is 4.68 Å². The van der Waals surface area contributed by atoms with Crippen molar-refractivity contribution >= 4 is 32.6 Å².